The van der Waals surface area contributed by atoms with Crippen molar-refractivity contribution in [2.75, 3.05) is 14.2 Å². The van der Waals surface area contributed by atoms with Gasteiger partial charge in [-0.15, -0.1) is 11.3 Å². The summed E-state index contributed by atoms with van der Waals surface area (Å²) in [6.45, 7) is 1.81. The van der Waals surface area contributed by atoms with Crippen molar-refractivity contribution >= 4 is 29.1 Å². The molecule has 0 radical (unpaired) electrons. The standard InChI is InChI=1S/C24H23NO5S/c1-13-18(23(27)29-2)19(14-8-5-4-6-9-14)21-16(25-13)12-15(17-10-7-11-31-17)20(22(21)26)24(28)30-3/h4-11,15,19-20,25H,12H2,1-3H3/t15-,19-,20+/m0/s1. The maximum atomic E-state index is 13.8. The number of methoxy groups -OCH3 is 2. The second-order valence-electron chi connectivity index (χ2n) is 7.58. The summed E-state index contributed by atoms with van der Waals surface area (Å²) >= 11 is 1.51. The van der Waals surface area contributed by atoms with Crippen molar-refractivity contribution < 1.29 is 23.9 Å². The summed E-state index contributed by atoms with van der Waals surface area (Å²) in [6, 6.07) is 13.2. The van der Waals surface area contributed by atoms with Crippen LogP contribution in [0, 0.1) is 5.92 Å². The van der Waals surface area contributed by atoms with Gasteiger partial charge in [0.1, 0.15) is 5.92 Å². The summed E-state index contributed by atoms with van der Waals surface area (Å²) in [5.74, 6) is -3.29. The van der Waals surface area contributed by atoms with E-state index < -0.39 is 23.8 Å². The number of dihydropyridines is 1. The molecular weight excluding hydrogens is 414 g/mol. The Kier molecular flexibility index (Phi) is 5.78. The second kappa shape index (κ2) is 8.51. The van der Waals surface area contributed by atoms with Gasteiger partial charge in [0, 0.05) is 33.7 Å². The molecule has 1 aromatic heterocycles. The number of nitrogens with one attached hydrogen (secondary N) is 1. The molecule has 7 heteroatoms. The van der Waals surface area contributed by atoms with Crippen LogP contribution in [-0.4, -0.2) is 31.9 Å². The normalized spacial score (nSPS) is 23.2. The van der Waals surface area contributed by atoms with Crippen molar-refractivity contribution in [3.63, 3.8) is 0 Å². The van der Waals surface area contributed by atoms with Crippen molar-refractivity contribution in [1.82, 2.24) is 5.32 Å². The highest BCUT2D eigenvalue weighted by Gasteiger charge is 2.49. The van der Waals surface area contributed by atoms with Gasteiger partial charge in [-0.1, -0.05) is 36.4 Å². The number of allylic oxidation sites excluding steroid dienone is 3. The van der Waals surface area contributed by atoms with Crippen LogP contribution in [0.3, 0.4) is 0 Å². The van der Waals surface area contributed by atoms with Crippen LogP contribution in [0.25, 0.3) is 0 Å². The highest BCUT2D eigenvalue weighted by atomic mass is 32.1. The summed E-state index contributed by atoms with van der Waals surface area (Å²) in [7, 11) is 2.62. The van der Waals surface area contributed by atoms with Crippen LogP contribution in [0.1, 0.15) is 35.6 Å². The number of carbonyl (C=O) groups excluding carboxylic acids is 3. The molecule has 0 saturated carbocycles. The Morgan fingerprint density at radius 3 is 2.42 bits per heavy atom. The van der Waals surface area contributed by atoms with E-state index in [0.717, 1.165) is 16.1 Å². The Labute approximate surface area is 184 Å². The quantitative estimate of drug-likeness (QED) is 0.581. The van der Waals surface area contributed by atoms with Gasteiger partial charge in [-0.25, -0.2) is 4.79 Å². The van der Waals surface area contributed by atoms with Gasteiger partial charge in [0.05, 0.1) is 19.8 Å². The summed E-state index contributed by atoms with van der Waals surface area (Å²) in [4.78, 5) is 40.3. The lowest BCUT2D eigenvalue weighted by atomic mass is 9.68. The molecule has 1 aliphatic heterocycles. The number of ether oxygens (including phenoxy) is 2. The molecule has 0 fully saturated rings. The average Bonchev–Trinajstić information content (AvgIpc) is 3.32. The van der Waals surface area contributed by atoms with Crippen LogP contribution in [-0.2, 0) is 23.9 Å². The molecule has 2 aliphatic rings. The lowest BCUT2D eigenvalue weighted by Crippen LogP contribution is -2.43. The fourth-order valence-electron chi connectivity index (χ4n) is 4.56. The maximum absolute atomic E-state index is 13.8. The predicted octanol–water partition coefficient (Wildman–Crippen LogP) is 3.68. The van der Waals surface area contributed by atoms with Gasteiger partial charge in [-0.3, -0.25) is 9.59 Å². The average molecular weight is 438 g/mol. The molecule has 4 rings (SSSR count). The van der Waals surface area contributed by atoms with E-state index in [4.69, 9.17) is 9.47 Å². The topological polar surface area (TPSA) is 81.7 Å². The van der Waals surface area contributed by atoms with E-state index >= 15 is 0 Å². The van der Waals surface area contributed by atoms with Crippen molar-refractivity contribution in [2.45, 2.75) is 25.2 Å². The van der Waals surface area contributed by atoms with Gasteiger partial charge in [-0.05, 0) is 30.4 Å². The fourth-order valence-corrected chi connectivity index (χ4v) is 5.43. The molecule has 3 atom stereocenters. The van der Waals surface area contributed by atoms with Crippen molar-refractivity contribution in [3.05, 3.63) is 80.8 Å². The molecule has 1 aliphatic carbocycles. The molecule has 2 heterocycles. The zero-order valence-corrected chi connectivity index (χ0v) is 18.3. The fraction of sp³-hybridized carbons (Fsp3) is 0.292. The monoisotopic (exact) mass is 437 g/mol. The number of hydrogen-bond donors (Lipinski definition) is 1. The summed E-state index contributed by atoms with van der Waals surface area (Å²) < 4.78 is 10.1. The Bertz CT molecular complexity index is 1080. The van der Waals surface area contributed by atoms with Gasteiger partial charge in [-0.2, -0.15) is 0 Å². The van der Waals surface area contributed by atoms with Gasteiger partial charge in [0.2, 0.25) is 0 Å². The van der Waals surface area contributed by atoms with Crippen LogP contribution < -0.4 is 5.32 Å². The summed E-state index contributed by atoms with van der Waals surface area (Å²) in [5.41, 5.74) is 2.98. The second-order valence-corrected chi connectivity index (χ2v) is 8.56. The van der Waals surface area contributed by atoms with E-state index in [-0.39, 0.29) is 11.7 Å². The third kappa shape index (κ3) is 3.59. The van der Waals surface area contributed by atoms with E-state index in [1.807, 2.05) is 54.8 Å². The number of esters is 2. The molecular formula is C24H23NO5S. The molecule has 31 heavy (non-hydrogen) atoms. The minimum absolute atomic E-state index is 0.318. The van der Waals surface area contributed by atoms with Crippen LogP contribution >= 0.6 is 11.3 Å². The smallest absolute Gasteiger partial charge is 0.336 e. The molecule has 0 unspecified atom stereocenters. The van der Waals surface area contributed by atoms with Crippen LogP contribution in [0.4, 0.5) is 0 Å². The number of ketones is 1. The van der Waals surface area contributed by atoms with Crippen molar-refractivity contribution in [3.8, 4) is 0 Å². The maximum Gasteiger partial charge on any atom is 0.336 e. The Hall–Kier alpha value is -3.19. The largest absolute Gasteiger partial charge is 0.468 e. The van der Waals surface area contributed by atoms with E-state index in [9.17, 15) is 14.4 Å². The van der Waals surface area contributed by atoms with Gasteiger partial charge >= 0.3 is 11.9 Å². The first-order valence-electron chi connectivity index (χ1n) is 9.97. The Morgan fingerprint density at radius 2 is 1.81 bits per heavy atom. The molecule has 1 N–H and O–H groups in total. The summed E-state index contributed by atoms with van der Waals surface area (Å²) in [5, 5.41) is 5.20. The van der Waals surface area contributed by atoms with Gasteiger partial charge in [0.25, 0.3) is 0 Å². The zero-order valence-electron chi connectivity index (χ0n) is 17.5. The molecule has 0 spiro atoms. The molecule has 6 nitrogen and oxygen atoms in total. The van der Waals surface area contributed by atoms with E-state index in [2.05, 4.69) is 5.32 Å². The first-order chi connectivity index (χ1) is 15.0. The van der Waals surface area contributed by atoms with Crippen LogP contribution in [0.2, 0.25) is 0 Å². The first-order valence-corrected chi connectivity index (χ1v) is 10.8. The zero-order chi connectivity index (χ0) is 22.1. The van der Waals surface area contributed by atoms with E-state index in [1.165, 1.54) is 25.6 Å². The number of carbonyl (C=O) groups is 3. The lowest BCUT2D eigenvalue weighted by Gasteiger charge is -2.39. The van der Waals surface area contributed by atoms with Crippen molar-refractivity contribution in [1.29, 1.82) is 0 Å². The minimum Gasteiger partial charge on any atom is -0.468 e. The highest BCUT2D eigenvalue weighted by Crippen LogP contribution is 2.48. The van der Waals surface area contributed by atoms with Crippen molar-refractivity contribution in [2.24, 2.45) is 5.92 Å². The highest BCUT2D eigenvalue weighted by molar-refractivity contribution is 7.10. The molecule has 0 bridgehead atoms. The number of hydrogen-bond acceptors (Lipinski definition) is 7. The molecule has 0 amide bonds. The number of rotatable bonds is 4. The SMILES string of the molecule is COC(=O)C1=C(C)NC2=C(C(=O)[C@H](C(=O)OC)[C@H](c3cccs3)C2)[C@H]1c1ccccc1. The van der Waals surface area contributed by atoms with Gasteiger partial charge < -0.3 is 14.8 Å². The van der Waals surface area contributed by atoms with Crippen LogP contribution in [0.15, 0.2) is 70.4 Å². The molecule has 0 saturated heterocycles. The van der Waals surface area contributed by atoms with E-state index in [1.54, 1.807) is 0 Å². The molecule has 1 aromatic carbocycles. The third-order valence-electron chi connectivity index (χ3n) is 5.92. The molecule has 2 aromatic rings. The summed E-state index contributed by atoms with van der Waals surface area (Å²) in [6.07, 6.45) is 0.469. The van der Waals surface area contributed by atoms with E-state index in [0.29, 0.717) is 23.3 Å². The lowest BCUT2D eigenvalue weighted by molar-refractivity contribution is -0.149. The predicted molar refractivity (Wildman–Crippen MR) is 116 cm³/mol. The third-order valence-corrected chi connectivity index (χ3v) is 6.93. The van der Waals surface area contributed by atoms with Crippen LogP contribution in [0.5, 0.6) is 0 Å². The molecule has 160 valence electrons. The Morgan fingerprint density at radius 1 is 1.06 bits per heavy atom. The number of Topliss-reactive ketones (excluding diaryl/α,β-unsaturated/α-hetero) is 1. The Balaban J connectivity index is 1.90. The number of benzene rings is 1. The van der Waals surface area contributed by atoms with Gasteiger partial charge in [0.15, 0.2) is 5.78 Å². The minimum atomic E-state index is -0.965. The first kappa shape index (κ1) is 21.1. The number of thiophene rings is 1.